The summed E-state index contributed by atoms with van der Waals surface area (Å²) >= 11 is 0. The molecule has 0 radical (unpaired) electrons. The molecule has 2 aromatic carbocycles. The van der Waals surface area contributed by atoms with Gasteiger partial charge >= 0.3 is 0 Å². The summed E-state index contributed by atoms with van der Waals surface area (Å²) in [4.78, 5) is 13.1. The molecule has 2 rings (SSSR count). The monoisotopic (exact) mass is 443 g/mol. The highest BCUT2D eigenvalue weighted by Crippen LogP contribution is 2.23. The number of carbonyl (C=O) groups excluding carboxylic acids is 1. The average Bonchev–Trinajstić information content (AvgIpc) is 2.83. The Labute approximate surface area is 192 Å². The minimum absolute atomic E-state index is 0.0912. The van der Waals surface area contributed by atoms with Crippen LogP contribution in [0.3, 0.4) is 0 Å². The second kappa shape index (κ2) is 14.6. The lowest BCUT2D eigenvalue weighted by Gasteiger charge is -2.21. The van der Waals surface area contributed by atoms with Crippen LogP contribution in [-0.4, -0.2) is 46.2 Å². The van der Waals surface area contributed by atoms with Gasteiger partial charge in [-0.2, -0.15) is 0 Å². The molecule has 0 saturated heterocycles. The largest absolute Gasteiger partial charge is 0.493 e. The number of ether oxygens (including phenoxy) is 4. The molecule has 3 unspecified atom stereocenters. The van der Waals surface area contributed by atoms with Gasteiger partial charge in [0.25, 0.3) is 0 Å². The maximum atomic E-state index is 13.1. The van der Waals surface area contributed by atoms with Crippen molar-refractivity contribution < 1.29 is 23.7 Å². The summed E-state index contributed by atoms with van der Waals surface area (Å²) in [5, 5.41) is 3.11. The molecule has 0 heterocycles. The molecular weight excluding hydrogens is 406 g/mol. The molecule has 6 heteroatoms. The summed E-state index contributed by atoms with van der Waals surface area (Å²) < 4.78 is 21.8. The lowest BCUT2D eigenvalue weighted by Crippen LogP contribution is -2.34. The summed E-state index contributed by atoms with van der Waals surface area (Å²) in [6.07, 6.45) is 1.07. The van der Waals surface area contributed by atoms with Crippen LogP contribution in [-0.2, 0) is 19.0 Å². The molecule has 0 aromatic heterocycles. The van der Waals surface area contributed by atoms with Gasteiger partial charge in [-0.25, -0.2) is 0 Å². The number of amides is 1. The molecule has 0 bridgehead atoms. The zero-order chi connectivity index (χ0) is 23.2. The first-order chi connectivity index (χ1) is 15.5. The van der Waals surface area contributed by atoms with E-state index in [2.05, 4.69) is 19.2 Å². The topological polar surface area (TPSA) is 66.0 Å². The number of benzene rings is 2. The standard InChI is InChI=1S/C26H37NO5/c1-5-20(2)17-32-24-13-11-23(12-14-24)25(18-31-19-30-16-15-29-4)26(28)27-21(3)22-9-7-6-8-10-22/h6-14,20-21,25H,5,15-19H2,1-4H3,(H,27,28). The Morgan fingerprint density at radius 1 is 0.906 bits per heavy atom. The van der Waals surface area contributed by atoms with Crippen molar-refractivity contribution in [3.8, 4) is 5.75 Å². The van der Waals surface area contributed by atoms with Crippen molar-refractivity contribution >= 4 is 5.91 Å². The molecule has 0 aliphatic carbocycles. The summed E-state index contributed by atoms with van der Waals surface area (Å²) in [6.45, 7) is 8.23. The summed E-state index contributed by atoms with van der Waals surface area (Å²) in [5.74, 6) is 0.746. The van der Waals surface area contributed by atoms with Gasteiger partial charge in [0.2, 0.25) is 5.91 Å². The molecule has 2 aromatic rings. The van der Waals surface area contributed by atoms with E-state index >= 15 is 0 Å². The number of carbonyl (C=O) groups is 1. The lowest BCUT2D eigenvalue weighted by molar-refractivity contribution is -0.127. The number of methoxy groups -OCH3 is 1. The van der Waals surface area contributed by atoms with E-state index < -0.39 is 5.92 Å². The third-order valence-corrected chi connectivity index (χ3v) is 5.37. The van der Waals surface area contributed by atoms with E-state index in [0.29, 0.717) is 25.7 Å². The molecular formula is C26H37NO5. The normalized spacial score (nSPS) is 13.9. The molecule has 0 fully saturated rings. The zero-order valence-corrected chi connectivity index (χ0v) is 19.7. The van der Waals surface area contributed by atoms with Gasteiger partial charge in [-0.05, 0) is 36.1 Å². The molecule has 3 atom stereocenters. The lowest BCUT2D eigenvalue weighted by atomic mass is 9.98. The molecule has 32 heavy (non-hydrogen) atoms. The smallest absolute Gasteiger partial charge is 0.230 e. The highest BCUT2D eigenvalue weighted by Gasteiger charge is 2.23. The molecule has 0 saturated carbocycles. The first-order valence-electron chi connectivity index (χ1n) is 11.3. The van der Waals surface area contributed by atoms with Gasteiger partial charge in [-0.1, -0.05) is 62.7 Å². The van der Waals surface area contributed by atoms with E-state index in [-0.39, 0.29) is 25.3 Å². The summed E-state index contributed by atoms with van der Waals surface area (Å²) in [6, 6.07) is 17.5. The predicted molar refractivity (Wildman–Crippen MR) is 126 cm³/mol. The van der Waals surface area contributed by atoms with Gasteiger partial charge in [0.15, 0.2) is 0 Å². The minimum atomic E-state index is -0.462. The van der Waals surface area contributed by atoms with Crippen molar-refractivity contribution in [3.63, 3.8) is 0 Å². The third kappa shape index (κ3) is 8.99. The number of rotatable bonds is 15. The first kappa shape index (κ1) is 25.8. The highest BCUT2D eigenvalue weighted by atomic mass is 16.7. The van der Waals surface area contributed by atoms with Crippen LogP contribution in [0.2, 0.25) is 0 Å². The molecule has 176 valence electrons. The Bertz CT molecular complexity index is 766. The van der Waals surface area contributed by atoms with E-state index in [4.69, 9.17) is 18.9 Å². The van der Waals surface area contributed by atoms with Gasteiger partial charge < -0.3 is 24.3 Å². The van der Waals surface area contributed by atoms with Crippen molar-refractivity contribution in [2.45, 2.75) is 39.2 Å². The van der Waals surface area contributed by atoms with Gasteiger partial charge in [0.05, 0.1) is 38.4 Å². The quantitative estimate of drug-likeness (QED) is 0.319. The fourth-order valence-electron chi connectivity index (χ4n) is 3.04. The Morgan fingerprint density at radius 2 is 1.62 bits per heavy atom. The van der Waals surface area contributed by atoms with Crippen LogP contribution in [0.1, 0.15) is 50.3 Å². The molecule has 6 nitrogen and oxygen atoms in total. The van der Waals surface area contributed by atoms with E-state index in [1.807, 2.05) is 61.5 Å². The van der Waals surface area contributed by atoms with Crippen molar-refractivity contribution in [1.29, 1.82) is 0 Å². The molecule has 1 amide bonds. The van der Waals surface area contributed by atoms with E-state index in [9.17, 15) is 4.79 Å². The first-order valence-corrected chi connectivity index (χ1v) is 11.3. The number of nitrogens with one attached hydrogen (secondary N) is 1. The van der Waals surface area contributed by atoms with Crippen molar-refractivity contribution in [2.24, 2.45) is 5.92 Å². The Kier molecular flexibility index (Phi) is 11.8. The van der Waals surface area contributed by atoms with Gasteiger partial charge in [-0.15, -0.1) is 0 Å². The Balaban J connectivity index is 2.03. The van der Waals surface area contributed by atoms with E-state index in [1.165, 1.54) is 0 Å². The van der Waals surface area contributed by atoms with Crippen LogP contribution in [0.15, 0.2) is 54.6 Å². The molecule has 0 spiro atoms. The van der Waals surface area contributed by atoms with E-state index in [1.54, 1.807) is 7.11 Å². The predicted octanol–water partition coefficient (Wildman–Crippen LogP) is 4.71. The second-order valence-electron chi connectivity index (χ2n) is 7.98. The van der Waals surface area contributed by atoms with Crippen molar-refractivity contribution in [3.05, 3.63) is 65.7 Å². The fraction of sp³-hybridized carbons (Fsp3) is 0.500. The van der Waals surface area contributed by atoms with Gasteiger partial charge in [0, 0.05) is 7.11 Å². The van der Waals surface area contributed by atoms with Crippen LogP contribution in [0.25, 0.3) is 0 Å². The Hall–Kier alpha value is -2.41. The summed E-state index contributed by atoms with van der Waals surface area (Å²) in [5.41, 5.74) is 1.92. The second-order valence-corrected chi connectivity index (χ2v) is 7.98. The third-order valence-electron chi connectivity index (χ3n) is 5.37. The van der Waals surface area contributed by atoms with Crippen molar-refractivity contribution in [2.75, 3.05) is 40.3 Å². The number of hydrogen-bond acceptors (Lipinski definition) is 5. The highest BCUT2D eigenvalue weighted by molar-refractivity contribution is 5.84. The Morgan fingerprint density at radius 3 is 2.28 bits per heavy atom. The van der Waals surface area contributed by atoms with Gasteiger partial charge in [-0.3, -0.25) is 4.79 Å². The zero-order valence-electron chi connectivity index (χ0n) is 19.7. The van der Waals surface area contributed by atoms with Crippen LogP contribution in [0, 0.1) is 5.92 Å². The molecule has 0 aliphatic heterocycles. The molecule has 1 N–H and O–H groups in total. The van der Waals surface area contributed by atoms with E-state index in [0.717, 1.165) is 23.3 Å². The maximum Gasteiger partial charge on any atom is 0.230 e. The maximum absolute atomic E-state index is 13.1. The SMILES string of the molecule is CCC(C)COc1ccc(C(COCOCCOC)C(=O)NC(C)c2ccccc2)cc1. The number of hydrogen-bond donors (Lipinski definition) is 1. The van der Waals surface area contributed by atoms with Crippen LogP contribution < -0.4 is 10.1 Å². The van der Waals surface area contributed by atoms with Gasteiger partial charge in [0.1, 0.15) is 12.5 Å². The van der Waals surface area contributed by atoms with Crippen LogP contribution in [0.4, 0.5) is 0 Å². The fourth-order valence-corrected chi connectivity index (χ4v) is 3.04. The minimum Gasteiger partial charge on any atom is -0.493 e. The molecule has 0 aliphatic rings. The summed E-state index contributed by atoms with van der Waals surface area (Å²) in [7, 11) is 1.62. The van der Waals surface area contributed by atoms with Crippen molar-refractivity contribution in [1.82, 2.24) is 5.32 Å². The van der Waals surface area contributed by atoms with Crippen LogP contribution >= 0.6 is 0 Å². The van der Waals surface area contributed by atoms with Crippen LogP contribution in [0.5, 0.6) is 5.75 Å². The average molecular weight is 444 g/mol.